The summed E-state index contributed by atoms with van der Waals surface area (Å²) in [5, 5.41) is 17.6. The Balaban J connectivity index is 3.04. The summed E-state index contributed by atoms with van der Waals surface area (Å²) in [6, 6.07) is 5.78. The van der Waals surface area contributed by atoms with Crippen LogP contribution in [0.4, 0.5) is 5.69 Å². The number of nitriles is 1. The maximum atomic E-state index is 11.8. The Morgan fingerprint density at radius 1 is 1.59 bits per heavy atom. The highest BCUT2D eigenvalue weighted by Gasteiger charge is 2.17. The van der Waals surface area contributed by atoms with Gasteiger partial charge in [-0.1, -0.05) is 0 Å². The fourth-order valence-electron chi connectivity index (χ4n) is 1.17. The van der Waals surface area contributed by atoms with Crippen LogP contribution in [0.1, 0.15) is 12.5 Å². The second kappa shape index (κ2) is 5.14. The van der Waals surface area contributed by atoms with E-state index in [4.69, 9.17) is 16.1 Å². The van der Waals surface area contributed by atoms with Crippen molar-refractivity contribution in [1.82, 2.24) is 4.72 Å². The van der Waals surface area contributed by atoms with E-state index in [9.17, 15) is 8.42 Å². The summed E-state index contributed by atoms with van der Waals surface area (Å²) in [6.45, 7) is 1.37. The van der Waals surface area contributed by atoms with E-state index in [1.165, 1.54) is 25.1 Å². The number of rotatable bonds is 4. The largest absolute Gasteiger partial charge is 0.398 e. The number of aliphatic hydroxyl groups excluding tert-OH is 1. The molecule has 0 bridgehead atoms. The number of anilines is 1. The van der Waals surface area contributed by atoms with Gasteiger partial charge in [0.2, 0.25) is 10.0 Å². The molecular weight excluding hydrogens is 242 g/mol. The third-order valence-electron chi connectivity index (χ3n) is 2.00. The Morgan fingerprint density at radius 3 is 2.71 bits per heavy atom. The molecule has 1 atom stereocenters. The van der Waals surface area contributed by atoms with Crippen LogP contribution in [0.5, 0.6) is 0 Å². The molecule has 0 aliphatic carbocycles. The second-order valence-electron chi connectivity index (χ2n) is 3.57. The van der Waals surface area contributed by atoms with Gasteiger partial charge in [0.25, 0.3) is 0 Å². The van der Waals surface area contributed by atoms with E-state index in [1.54, 1.807) is 0 Å². The number of hydrogen-bond acceptors (Lipinski definition) is 5. The number of benzene rings is 1. The first-order chi connectivity index (χ1) is 7.86. The third-order valence-corrected chi connectivity index (χ3v) is 3.49. The monoisotopic (exact) mass is 255 g/mol. The van der Waals surface area contributed by atoms with Gasteiger partial charge in [0.05, 0.1) is 23.4 Å². The van der Waals surface area contributed by atoms with Gasteiger partial charge in [-0.05, 0) is 25.1 Å². The van der Waals surface area contributed by atoms with Gasteiger partial charge < -0.3 is 10.8 Å². The summed E-state index contributed by atoms with van der Waals surface area (Å²) in [5.41, 5.74) is 5.85. The minimum atomic E-state index is -3.76. The summed E-state index contributed by atoms with van der Waals surface area (Å²) in [5.74, 6) is 0. The van der Waals surface area contributed by atoms with Crippen LogP contribution in [0.3, 0.4) is 0 Å². The SMILES string of the molecule is C[C@H](O)CNS(=O)(=O)c1ccc(C#N)cc1N. The summed E-state index contributed by atoms with van der Waals surface area (Å²) in [7, 11) is -3.76. The molecule has 0 aliphatic rings. The molecule has 0 fully saturated rings. The highest BCUT2D eigenvalue weighted by atomic mass is 32.2. The van der Waals surface area contributed by atoms with Crippen molar-refractivity contribution in [2.24, 2.45) is 0 Å². The van der Waals surface area contributed by atoms with Crippen molar-refractivity contribution < 1.29 is 13.5 Å². The van der Waals surface area contributed by atoms with E-state index < -0.39 is 16.1 Å². The van der Waals surface area contributed by atoms with Gasteiger partial charge in [0.15, 0.2) is 0 Å². The molecule has 6 nitrogen and oxygen atoms in total. The quantitative estimate of drug-likeness (QED) is 0.644. The molecule has 0 aromatic heterocycles. The van der Waals surface area contributed by atoms with E-state index in [0.717, 1.165) is 0 Å². The summed E-state index contributed by atoms with van der Waals surface area (Å²) in [6.07, 6.45) is -0.788. The molecule has 17 heavy (non-hydrogen) atoms. The lowest BCUT2D eigenvalue weighted by Gasteiger charge is -2.10. The Hall–Kier alpha value is -1.62. The number of nitrogen functional groups attached to an aromatic ring is 1. The molecule has 0 spiro atoms. The Labute approximate surface area is 99.7 Å². The molecule has 1 aromatic rings. The van der Waals surface area contributed by atoms with Crippen LogP contribution in [-0.4, -0.2) is 26.2 Å². The number of nitrogens with zero attached hydrogens (tertiary/aromatic N) is 1. The predicted molar refractivity (Wildman–Crippen MR) is 62.4 cm³/mol. The van der Waals surface area contributed by atoms with Gasteiger partial charge in [-0.2, -0.15) is 5.26 Å². The van der Waals surface area contributed by atoms with E-state index >= 15 is 0 Å². The number of sulfonamides is 1. The van der Waals surface area contributed by atoms with Crippen LogP contribution < -0.4 is 10.5 Å². The van der Waals surface area contributed by atoms with Gasteiger partial charge in [0, 0.05) is 6.54 Å². The highest BCUT2D eigenvalue weighted by Crippen LogP contribution is 2.19. The van der Waals surface area contributed by atoms with Crippen LogP contribution in [0, 0.1) is 11.3 Å². The van der Waals surface area contributed by atoms with Crippen LogP contribution >= 0.6 is 0 Å². The average molecular weight is 255 g/mol. The molecule has 1 rings (SSSR count). The minimum absolute atomic E-state index is 0.00198. The standard InChI is InChI=1S/C10H13N3O3S/c1-7(14)6-13-17(15,16)10-3-2-8(5-11)4-9(10)12/h2-4,7,13-14H,6,12H2,1H3/t7-/m0/s1. The number of nitrogens with one attached hydrogen (secondary N) is 1. The van der Waals surface area contributed by atoms with Crippen molar-refractivity contribution >= 4 is 15.7 Å². The first-order valence-corrected chi connectivity index (χ1v) is 6.32. The molecule has 0 amide bonds. The Bertz CT molecular complexity index is 546. The van der Waals surface area contributed by atoms with Crippen LogP contribution in [0.2, 0.25) is 0 Å². The molecule has 92 valence electrons. The Kier molecular flexibility index (Phi) is 4.07. The molecule has 1 aromatic carbocycles. The lowest BCUT2D eigenvalue weighted by Crippen LogP contribution is -2.31. The molecule has 7 heteroatoms. The first kappa shape index (κ1) is 13.4. The fourth-order valence-corrected chi connectivity index (χ4v) is 2.40. The highest BCUT2D eigenvalue weighted by molar-refractivity contribution is 7.89. The normalized spacial score (nSPS) is 13.0. The van der Waals surface area contributed by atoms with Crippen molar-refractivity contribution in [3.8, 4) is 6.07 Å². The summed E-state index contributed by atoms with van der Waals surface area (Å²) in [4.78, 5) is -0.0999. The smallest absolute Gasteiger partial charge is 0.242 e. The molecule has 0 saturated carbocycles. The summed E-state index contributed by atoms with van der Waals surface area (Å²) >= 11 is 0. The predicted octanol–water partition coefficient (Wildman–Crippen LogP) is -0.200. The van der Waals surface area contributed by atoms with Crippen molar-refractivity contribution in [3.63, 3.8) is 0 Å². The zero-order chi connectivity index (χ0) is 13.1. The van der Waals surface area contributed by atoms with Gasteiger partial charge in [-0.3, -0.25) is 0 Å². The number of hydrogen-bond donors (Lipinski definition) is 3. The number of aliphatic hydroxyl groups is 1. The van der Waals surface area contributed by atoms with E-state index in [0.29, 0.717) is 0 Å². The molecule has 0 aliphatic heterocycles. The molecular formula is C10H13N3O3S. The van der Waals surface area contributed by atoms with Gasteiger partial charge in [-0.15, -0.1) is 0 Å². The molecule has 4 N–H and O–H groups in total. The van der Waals surface area contributed by atoms with Gasteiger partial charge >= 0.3 is 0 Å². The third kappa shape index (κ3) is 3.42. The summed E-state index contributed by atoms with van der Waals surface area (Å²) < 4.78 is 25.8. The minimum Gasteiger partial charge on any atom is -0.398 e. The number of nitrogens with two attached hydrogens (primary N) is 1. The van der Waals surface area contributed by atoms with E-state index in [-0.39, 0.29) is 22.7 Å². The first-order valence-electron chi connectivity index (χ1n) is 4.84. The molecule has 0 radical (unpaired) electrons. The lowest BCUT2D eigenvalue weighted by molar-refractivity contribution is 0.198. The van der Waals surface area contributed by atoms with Crippen molar-refractivity contribution in [1.29, 1.82) is 5.26 Å². The zero-order valence-electron chi connectivity index (χ0n) is 9.21. The van der Waals surface area contributed by atoms with Crippen LogP contribution in [-0.2, 0) is 10.0 Å². The topological polar surface area (TPSA) is 116 Å². The maximum Gasteiger partial charge on any atom is 0.242 e. The van der Waals surface area contributed by atoms with E-state index in [1.807, 2.05) is 6.07 Å². The van der Waals surface area contributed by atoms with Crippen molar-refractivity contribution in [3.05, 3.63) is 23.8 Å². The zero-order valence-corrected chi connectivity index (χ0v) is 10.0. The van der Waals surface area contributed by atoms with Crippen molar-refractivity contribution in [2.75, 3.05) is 12.3 Å². The van der Waals surface area contributed by atoms with Gasteiger partial charge in [0.1, 0.15) is 4.90 Å². The van der Waals surface area contributed by atoms with Crippen LogP contribution in [0.25, 0.3) is 0 Å². The molecule has 0 heterocycles. The average Bonchev–Trinajstić information content (AvgIpc) is 2.26. The van der Waals surface area contributed by atoms with Crippen molar-refractivity contribution in [2.45, 2.75) is 17.9 Å². The Morgan fingerprint density at radius 2 is 2.24 bits per heavy atom. The van der Waals surface area contributed by atoms with Gasteiger partial charge in [-0.25, -0.2) is 13.1 Å². The molecule has 0 saturated heterocycles. The fraction of sp³-hybridized carbons (Fsp3) is 0.300. The molecule has 0 unspecified atom stereocenters. The van der Waals surface area contributed by atoms with Crippen LogP contribution in [0.15, 0.2) is 23.1 Å². The van der Waals surface area contributed by atoms with E-state index in [2.05, 4.69) is 4.72 Å². The second-order valence-corrected chi connectivity index (χ2v) is 5.30. The maximum absolute atomic E-state index is 11.8. The lowest BCUT2D eigenvalue weighted by atomic mass is 10.2.